The summed E-state index contributed by atoms with van der Waals surface area (Å²) in [5.41, 5.74) is 3.05. The number of aromatic nitrogens is 1. The van der Waals surface area contributed by atoms with Crippen molar-refractivity contribution < 1.29 is 19.2 Å². The lowest BCUT2D eigenvalue weighted by Gasteiger charge is -2.27. The normalized spacial score (nSPS) is 15.8. The minimum absolute atomic E-state index is 0.179. The molecule has 7 nitrogen and oxygen atoms in total. The summed E-state index contributed by atoms with van der Waals surface area (Å²) < 4.78 is 1.46. The second-order valence-corrected chi connectivity index (χ2v) is 7.24. The molecule has 0 radical (unpaired) electrons. The van der Waals surface area contributed by atoms with E-state index in [9.17, 15) is 19.2 Å². The Morgan fingerprint density at radius 2 is 1.77 bits per heavy atom. The van der Waals surface area contributed by atoms with E-state index in [0.29, 0.717) is 16.8 Å². The van der Waals surface area contributed by atoms with E-state index in [2.05, 4.69) is 5.32 Å². The smallest absolute Gasteiger partial charge is 0.287 e. The molecule has 0 bridgehead atoms. The predicted octanol–water partition coefficient (Wildman–Crippen LogP) is 3.58. The Morgan fingerprint density at radius 3 is 2.50 bits per heavy atom. The maximum atomic E-state index is 13.2. The van der Waals surface area contributed by atoms with Crippen molar-refractivity contribution in [3.05, 3.63) is 70.9 Å². The maximum Gasteiger partial charge on any atom is 0.335 e. The van der Waals surface area contributed by atoms with Crippen LogP contribution in [0.3, 0.4) is 0 Å². The quantitative estimate of drug-likeness (QED) is 0.525. The SMILES string of the molecule is CC(=O)n1cc(/C=C2\C(=O)NC(=O)N(c3cc(C)ccc3C)C2=O)c2ccccc21. The van der Waals surface area contributed by atoms with Crippen LogP contribution in [-0.4, -0.2) is 28.3 Å². The third-order valence-corrected chi connectivity index (χ3v) is 5.09. The highest BCUT2D eigenvalue weighted by Gasteiger charge is 2.37. The highest BCUT2D eigenvalue weighted by molar-refractivity contribution is 6.39. The van der Waals surface area contributed by atoms with E-state index in [0.717, 1.165) is 21.4 Å². The van der Waals surface area contributed by atoms with Crippen LogP contribution < -0.4 is 10.2 Å². The molecule has 1 fully saturated rings. The number of rotatable bonds is 2. The van der Waals surface area contributed by atoms with Crippen molar-refractivity contribution in [3.8, 4) is 0 Å². The first-order chi connectivity index (χ1) is 14.3. The fourth-order valence-electron chi connectivity index (χ4n) is 3.57. The van der Waals surface area contributed by atoms with Crippen molar-refractivity contribution in [1.82, 2.24) is 9.88 Å². The molecule has 2 heterocycles. The molecular formula is C23H19N3O4. The Kier molecular flexibility index (Phi) is 4.58. The highest BCUT2D eigenvalue weighted by atomic mass is 16.2. The lowest BCUT2D eigenvalue weighted by atomic mass is 10.0. The molecule has 150 valence electrons. The Bertz CT molecular complexity index is 1280. The number of carbonyl (C=O) groups is 4. The molecule has 1 N–H and O–H groups in total. The monoisotopic (exact) mass is 401 g/mol. The molecule has 0 atom stereocenters. The molecule has 7 heteroatoms. The minimum atomic E-state index is -0.790. The number of carbonyl (C=O) groups excluding carboxylic acids is 4. The van der Waals surface area contributed by atoms with Gasteiger partial charge in [0, 0.05) is 24.1 Å². The van der Waals surface area contributed by atoms with Gasteiger partial charge in [0.05, 0.1) is 11.2 Å². The number of nitrogens with one attached hydrogen (secondary N) is 1. The van der Waals surface area contributed by atoms with Crippen LogP contribution in [0, 0.1) is 13.8 Å². The number of nitrogens with zero attached hydrogens (tertiary/aromatic N) is 2. The van der Waals surface area contributed by atoms with E-state index >= 15 is 0 Å². The van der Waals surface area contributed by atoms with E-state index in [1.807, 2.05) is 25.1 Å². The molecule has 0 spiro atoms. The van der Waals surface area contributed by atoms with Gasteiger partial charge in [-0.05, 0) is 43.2 Å². The highest BCUT2D eigenvalue weighted by Crippen LogP contribution is 2.28. The van der Waals surface area contributed by atoms with Gasteiger partial charge < -0.3 is 0 Å². The Hall–Kier alpha value is -4.00. The van der Waals surface area contributed by atoms with Crippen LogP contribution in [0.2, 0.25) is 0 Å². The van der Waals surface area contributed by atoms with E-state index in [1.54, 1.807) is 37.4 Å². The van der Waals surface area contributed by atoms with Crippen LogP contribution in [0.15, 0.2) is 54.2 Å². The number of anilines is 1. The van der Waals surface area contributed by atoms with Crippen LogP contribution in [0.1, 0.15) is 28.4 Å². The third-order valence-electron chi connectivity index (χ3n) is 5.09. The molecule has 30 heavy (non-hydrogen) atoms. The number of hydrogen-bond acceptors (Lipinski definition) is 4. The fourth-order valence-corrected chi connectivity index (χ4v) is 3.57. The van der Waals surface area contributed by atoms with Crippen molar-refractivity contribution in [2.24, 2.45) is 0 Å². The van der Waals surface area contributed by atoms with Gasteiger partial charge in [-0.2, -0.15) is 0 Å². The summed E-state index contributed by atoms with van der Waals surface area (Å²) in [6.45, 7) is 5.08. The van der Waals surface area contributed by atoms with Gasteiger partial charge in [-0.3, -0.25) is 24.3 Å². The molecule has 1 aliphatic heterocycles. The number of fused-ring (bicyclic) bond motifs is 1. The van der Waals surface area contributed by atoms with Gasteiger partial charge in [0.15, 0.2) is 0 Å². The molecule has 2 aromatic carbocycles. The first kappa shape index (κ1) is 19.3. The summed E-state index contributed by atoms with van der Waals surface area (Å²) >= 11 is 0. The predicted molar refractivity (Wildman–Crippen MR) is 113 cm³/mol. The average Bonchev–Trinajstić information content (AvgIpc) is 3.06. The minimum Gasteiger partial charge on any atom is -0.287 e. The molecule has 1 saturated heterocycles. The Balaban J connectivity index is 1.86. The Labute approximate surface area is 172 Å². The number of benzene rings is 2. The molecule has 0 unspecified atom stereocenters. The van der Waals surface area contributed by atoms with Gasteiger partial charge in [-0.15, -0.1) is 0 Å². The number of hydrogen-bond donors (Lipinski definition) is 1. The summed E-state index contributed by atoms with van der Waals surface area (Å²) in [7, 11) is 0. The third kappa shape index (κ3) is 3.10. The molecule has 0 saturated carbocycles. The average molecular weight is 401 g/mol. The van der Waals surface area contributed by atoms with Gasteiger partial charge in [-0.1, -0.05) is 30.3 Å². The molecule has 4 amide bonds. The second kappa shape index (κ2) is 7.11. The lowest BCUT2D eigenvalue weighted by Crippen LogP contribution is -2.54. The van der Waals surface area contributed by atoms with E-state index in [4.69, 9.17) is 0 Å². The van der Waals surface area contributed by atoms with Gasteiger partial charge in [-0.25, -0.2) is 9.69 Å². The Morgan fingerprint density at radius 1 is 1.03 bits per heavy atom. The van der Waals surface area contributed by atoms with Gasteiger partial charge in [0.25, 0.3) is 11.8 Å². The standard InChI is InChI=1S/C23H19N3O4/c1-13-8-9-14(2)20(10-13)26-22(29)18(21(28)24-23(26)30)11-16-12-25(15(3)27)19-7-5-4-6-17(16)19/h4-12H,1-3H3,(H,24,28,30)/b18-11+. The zero-order chi connectivity index (χ0) is 21.6. The maximum absolute atomic E-state index is 13.2. The van der Waals surface area contributed by atoms with E-state index in [-0.39, 0.29) is 11.5 Å². The summed E-state index contributed by atoms with van der Waals surface area (Å²) in [6, 6.07) is 11.8. The number of aryl methyl sites for hydroxylation is 2. The van der Waals surface area contributed by atoms with Crippen LogP contribution in [-0.2, 0) is 9.59 Å². The van der Waals surface area contributed by atoms with Crippen LogP contribution >= 0.6 is 0 Å². The summed E-state index contributed by atoms with van der Waals surface area (Å²) in [5, 5.41) is 2.96. The molecular weight excluding hydrogens is 382 g/mol. The topological polar surface area (TPSA) is 88.5 Å². The molecule has 0 aliphatic carbocycles. The van der Waals surface area contributed by atoms with Crippen LogP contribution in [0.25, 0.3) is 17.0 Å². The lowest BCUT2D eigenvalue weighted by molar-refractivity contribution is -0.122. The zero-order valence-electron chi connectivity index (χ0n) is 16.7. The number of urea groups is 1. The van der Waals surface area contributed by atoms with Gasteiger partial charge in [0.1, 0.15) is 5.57 Å². The first-order valence-electron chi connectivity index (χ1n) is 9.37. The first-order valence-corrected chi connectivity index (χ1v) is 9.37. The van der Waals surface area contributed by atoms with Crippen LogP contribution in [0.4, 0.5) is 10.5 Å². The van der Waals surface area contributed by atoms with Crippen molar-refractivity contribution in [3.63, 3.8) is 0 Å². The summed E-state index contributed by atoms with van der Waals surface area (Å²) in [5.74, 6) is -1.68. The second-order valence-electron chi connectivity index (χ2n) is 7.24. The van der Waals surface area contributed by atoms with Crippen molar-refractivity contribution >= 4 is 46.4 Å². The van der Waals surface area contributed by atoms with Crippen LogP contribution in [0.5, 0.6) is 0 Å². The fraction of sp³-hybridized carbons (Fsp3) is 0.130. The van der Waals surface area contributed by atoms with Gasteiger partial charge in [0.2, 0.25) is 5.91 Å². The van der Waals surface area contributed by atoms with E-state index < -0.39 is 17.8 Å². The summed E-state index contributed by atoms with van der Waals surface area (Å²) in [6.07, 6.45) is 3.00. The number of barbiturate groups is 1. The molecule has 1 aromatic heterocycles. The van der Waals surface area contributed by atoms with E-state index in [1.165, 1.54) is 17.6 Å². The van der Waals surface area contributed by atoms with Gasteiger partial charge >= 0.3 is 6.03 Å². The van der Waals surface area contributed by atoms with Crippen molar-refractivity contribution in [1.29, 1.82) is 0 Å². The molecule has 4 rings (SSSR count). The van der Waals surface area contributed by atoms with Crippen molar-refractivity contribution in [2.75, 3.05) is 4.90 Å². The molecule has 1 aliphatic rings. The van der Waals surface area contributed by atoms with Crippen molar-refractivity contribution in [2.45, 2.75) is 20.8 Å². The number of amides is 4. The number of imide groups is 2. The molecule has 3 aromatic rings. The largest absolute Gasteiger partial charge is 0.335 e. The summed E-state index contributed by atoms with van der Waals surface area (Å²) in [4.78, 5) is 51.1. The zero-order valence-corrected chi connectivity index (χ0v) is 16.7. The number of para-hydroxylation sites is 1.